The van der Waals surface area contributed by atoms with Gasteiger partial charge in [0.25, 0.3) is 0 Å². The first-order chi connectivity index (χ1) is 13.7. The van der Waals surface area contributed by atoms with E-state index in [-0.39, 0.29) is 12.2 Å². The first-order valence-corrected chi connectivity index (χ1v) is 11.7. The van der Waals surface area contributed by atoms with E-state index < -0.39 is 11.2 Å². The fraction of sp³-hybridized carbons (Fsp3) is 0.917. The maximum absolute atomic E-state index is 11.5. The summed E-state index contributed by atoms with van der Waals surface area (Å²) in [7, 11) is 0. The van der Waals surface area contributed by atoms with Crippen LogP contribution >= 0.6 is 0 Å². The Bertz CT molecular complexity index is 472. The summed E-state index contributed by atoms with van der Waals surface area (Å²) >= 11 is 0. The smallest absolute Gasteiger partial charge is 0.407 e. The Kier molecular flexibility index (Phi) is 10.5. The Morgan fingerprint density at radius 1 is 0.600 bits per heavy atom. The minimum Gasteiger partial charge on any atom is -0.444 e. The van der Waals surface area contributed by atoms with Crippen molar-refractivity contribution in [3.05, 3.63) is 0 Å². The number of carbonyl (C=O) groups is 2. The average molecular weight is 427 g/mol. The van der Waals surface area contributed by atoms with Crippen LogP contribution < -0.4 is 10.6 Å². The molecule has 2 aliphatic rings. The number of rotatable bonds is 2. The molecule has 2 fully saturated rings. The summed E-state index contributed by atoms with van der Waals surface area (Å²) in [5.74, 6) is 1.61. The maximum Gasteiger partial charge on any atom is 0.407 e. The van der Waals surface area contributed by atoms with E-state index in [0.717, 1.165) is 37.5 Å². The number of hydrogen-bond donors (Lipinski definition) is 2. The van der Waals surface area contributed by atoms with Gasteiger partial charge in [-0.05, 0) is 105 Å². The molecule has 6 nitrogen and oxygen atoms in total. The summed E-state index contributed by atoms with van der Waals surface area (Å²) in [6.45, 7) is 15.8. The lowest BCUT2D eigenvalue weighted by Gasteiger charge is -2.28. The van der Waals surface area contributed by atoms with Gasteiger partial charge in [-0.1, -0.05) is 13.8 Å². The molecule has 0 spiro atoms. The molecule has 0 aromatic carbocycles. The summed E-state index contributed by atoms with van der Waals surface area (Å²) in [5.41, 5.74) is -0.794. The molecule has 0 aromatic rings. The van der Waals surface area contributed by atoms with Crippen LogP contribution in [-0.2, 0) is 9.47 Å². The molecule has 2 rings (SSSR count). The van der Waals surface area contributed by atoms with Crippen LogP contribution in [-0.4, -0.2) is 35.5 Å². The molecule has 0 saturated heterocycles. The van der Waals surface area contributed by atoms with Crippen molar-refractivity contribution < 1.29 is 19.1 Å². The summed E-state index contributed by atoms with van der Waals surface area (Å²) in [6.07, 6.45) is 8.62. The average Bonchev–Trinajstić information content (AvgIpc) is 2.56. The predicted molar refractivity (Wildman–Crippen MR) is 122 cm³/mol. The zero-order chi connectivity index (χ0) is 22.9. The van der Waals surface area contributed by atoms with Gasteiger partial charge in [-0.25, -0.2) is 9.59 Å². The number of alkyl carbamates (subject to hydrolysis) is 2. The minimum atomic E-state index is -0.397. The van der Waals surface area contributed by atoms with Crippen molar-refractivity contribution in [2.24, 2.45) is 11.8 Å². The molecule has 0 unspecified atom stereocenters. The second-order valence-corrected chi connectivity index (χ2v) is 11.2. The van der Waals surface area contributed by atoms with Crippen molar-refractivity contribution in [3.63, 3.8) is 0 Å². The lowest BCUT2D eigenvalue weighted by atomic mass is 9.87. The van der Waals surface area contributed by atoms with Gasteiger partial charge >= 0.3 is 12.2 Å². The van der Waals surface area contributed by atoms with E-state index in [1.807, 2.05) is 41.5 Å². The third kappa shape index (κ3) is 13.0. The standard InChI is InChI=1S/2C12H23NO2/c2*1-9-5-7-10(8-6-9)13-11(14)15-12(2,3)4/h2*9-10H,5-8H2,1-4H3,(H,13,14). The molecule has 2 amide bonds. The molecular weight excluding hydrogens is 380 g/mol. The molecule has 0 radical (unpaired) electrons. The largest absolute Gasteiger partial charge is 0.444 e. The summed E-state index contributed by atoms with van der Waals surface area (Å²) in [5, 5.41) is 5.87. The van der Waals surface area contributed by atoms with Crippen LogP contribution in [0.25, 0.3) is 0 Å². The van der Waals surface area contributed by atoms with Gasteiger partial charge in [0.1, 0.15) is 11.2 Å². The highest BCUT2D eigenvalue weighted by Gasteiger charge is 2.24. The second-order valence-electron chi connectivity index (χ2n) is 11.2. The van der Waals surface area contributed by atoms with Gasteiger partial charge in [0.15, 0.2) is 0 Å². The van der Waals surface area contributed by atoms with Crippen LogP contribution in [0.3, 0.4) is 0 Å². The monoisotopic (exact) mass is 426 g/mol. The van der Waals surface area contributed by atoms with Crippen LogP contribution in [0.1, 0.15) is 107 Å². The second kappa shape index (κ2) is 11.8. The van der Waals surface area contributed by atoms with Crippen molar-refractivity contribution >= 4 is 12.2 Å². The van der Waals surface area contributed by atoms with Crippen molar-refractivity contribution in [3.8, 4) is 0 Å². The molecule has 2 aliphatic carbocycles. The van der Waals surface area contributed by atoms with E-state index in [1.54, 1.807) is 0 Å². The van der Waals surface area contributed by atoms with E-state index in [2.05, 4.69) is 24.5 Å². The highest BCUT2D eigenvalue weighted by Crippen LogP contribution is 2.24. The molecule has 0 aromatic heterocycles. The summed E-state index contributed by atoms with van der Waals surface area (Å²) in [6, 6.07) is 0.632. The molecule has 176 valence electrons. The molecule has 2 N–H and O–H groups in total. The van der Waals surface area contributed by atoms with Gasteiger partial charge in [-0.2, -0.15) is 0 Å². The van der Waals surface area contributed by atoms with Crippen LogP contribution in [0.4, 0.5) is 9.59 Å². The lowest BCUT2D eigenvalue weighted by Crippen LogP contribution is -2.40. The summed E-state index contributed by atoms with van der Waals surface area (Å²) in [4.78, 5) is 23.0. The zero-order valence-corrected chi connectivity index (χ0v) is 20.6. The van der Waals surface area contributed by atoms with Gasteiger partial charge < -0.3 is 20.1 Å². The van der Waals surface area contributed by atoms with Gasteiger partial charge in [-0.15, -0.1) is 0 Å². The highest BCUT2D eigenvalue weighted by molar-refractivity contribution is 5.68. The molecule has 0 heterocycles. The van der Waals surface area contributed by atoms with Crippen molar-refractivity contribution in [2.75, 3.05) is 0 Å². The van der Waals surface area contributed by atoms with E-state index in [1.165, 1.54) is 25.7 Å². The van der Waals surface area contributed by atoms with E-state index in [4.69, 9.17) is 9.47 Å². The van der Waals surface area contributed by atoms with Gasteiger partial charge in [0.2, 0.25) is 0 Å². The molecular formula is C24H46N2O4. The molecule has 6 heteroatoms. The summed E-state index contributed by atoms with van der Waals surface area (Å²) < 4.78 is 10.4. The number of carbonyl (C=O) groups excluding carboxylic acids is 2. The van der Waals surface area contributed by atoms with Gasteiger partial charge in [0.05, 0.1) is 0 Å². The Morgan fingerprint density at radius 2 is 0.867 bits per heavy atom. The van der Waals surface area contributed by atoms with Gasteiger partial charge in [-0.3, -0.25) is 0 Å². The third-order valence-electron chi connectivity index (χ3n) is 5.47. The Labute approximate surface area is 184 Å². The highest BCUT2D eigenvalue weighted by atomic mass is 16.6. The van der Waals surface area contributed by atoms with Crippen LogP contribution in [0.2, 0.25) is 0 Å². The number of hydrogen-bond acceptors (Lipinski definition) is 4. The number of ether oxygens (including phenoxy) is 2. The molecule has 0 atom stereocenters. The van der Waals surface area contributed by atoms with Crippen molar-refractivity contribution in [1.82, 2.24) is 10.6 Å². The predicted octanol–water partition coefficient (Wildman–Crippen LogP) is 6.18. The first-order valence-electron chi connectivity index (χ1n) is 11.7. The molecule has 0 bridgehead atoms. The van der Waals surface area contributed by atoms with Gasteiger partial charge in [0, 0.05) is 12.1 Å². The fourth-order valence-electron chi connectivity index (χ4n) is 3.76. The Hall–Kier alpha value is -1.46. The topological polar surface area (TPSA) is 76.7 Å². The van der Waals surface area contributed by atoms with Crippen LogP contribution in [0, 0.1) is 11.8 Å². The van der Waals surface area contributed by atoms with E-state index in [9.17, 15) is 9.59 Å². The third-order valence-corrected chi connectivity index (χ3v) is 5.47. The van der Waals surface area contributed by atoms with E-state index in [0.29, 0.717) is 12.1 Å². The molecule has 30 heavy (non-hydrogen) atoms. The Balaban J connectivity index is 0.000000300. The number of amides is 2. The first kappa shape index (κ1) is 26.6. The van der Waals surface area contributed by atoms with Crippen LogP contribution in [0.5, 0.6) is 0 Å². The fourth-order valence-corrected chi connectivity index (χ4v) is 3.76. The van der Waals surface area contributed by atoms with Crippen molar-refractivity contribution in [1.29, 1.82) is 0 Å². The van der Waals surface area contributed by atoms with E-state index >= 15 is 0 Å². The van der Waals surface area contributed by atoms with Crippen molar-refractivity contribution in [2.45, 2.75) is 130 Å². The maximum atomic E-state index is 11.5. The zero-order valence-electron chi connectivity index (χ0n) is 20.6. The quantitative estimate of drug-likeness (QED) is 0.553. The number of nitrogens with one attached hydrogen (secondary N) is 2. The SMILES string of the molecule is CC1CCC(NC(=O)OC(C)(C)C)CC1.CC1CCC(NC(=O)OC(C)(C)C)CC1. The minimum absolute atomic E-state index is 0.276. The molecule has 0 aliphatic heterocycles. The Morgan fingerprint density at radius 3 is 1.10 bits per heavy atom. The van der Waals surface area contributed by atoms with Crippen LogP contribution in [0.15, 0.2) is 0 Å². The molecule has 2 saturated carbocycles. The normalized spacial score (nSPS) is 27.2. The lowest BCUT2D eigenvalue weighted by molar-refractivity contribution is 0.0476.